The molecular formula is C18H23BrN2O2S. The third-order valence-electron chi connectivity index (χ3n) is 3.74. The molecule has 0 bridgehead atoms. The molecule has 0 saturated carbocycles. The van der Waals surface area contributed by atoms with Gasteiger partial charge in [-0.3, -0.25) is 0 Å². The van der Waals surface area contributed by atoms with Crippen molar-refractivity contribution < 1.29 is 8.42 Å². The SMILES string of the molecule is CC(NC(C)(C)CNS(=O)(=O)c1ccccc1Br)c1ccccc1. The van der Waals surface area contributed by atoms with Crippen LogP contribution in [0.4, 0.5) is 0 Å². The van der Waals surface area contributed by atoms with Gasteiger partial charge in [-0.25, -0.2) is 13.1 Å². The summed E-state index contributed by atoms with van der Waals surface area (Å²) < 4.78 is 28.2. The molecule has 0 aliphatic heterocycles. The van der Waals surface area contributed by atoms with E-state index in [9.17, 15) is 8.42 Å². The van der Waals surface area contributed by atoms with Gasteiger partial charge in [0.15, 0.2) is 0 Å². The summed E-state index contributed by atoms with van der Waals surface area (Å²) in [6.45, 7) is 6.32. The van der Waals surface area contributed by atoms with Crippen LogP contribution in [0.1, 0.15) is 32.4 Å². The fraction of sp³-hybridized carbons (Fsp3) is 0.333. The second kappa shape index (κ2) is 7.78. The van der Waals surface area contributed by atoms with Crippen molar-refractivity contribution in [3.8, 4) is 0 Å². The first-order valence-electron chi connectivity index (χ1n) is 7.78. The second-order valence-electron chi connectivity index (χ2n) is 6.42. The van der Waals surface area contributed by atoms with E-state index in [1.54, 1.807) is 24.3 Å². The highest BCUT2D eigenvalue weighted by atomic mass is 79.9. The number of halogens is 1. The Kier molecular flexibility index (Phi) is 6.20. The number of sulfonamides is 1. The van der Waals surface area contributed by atoms with E-state index in [0.717, 1.165) is 0 Å². The Morgan fingerprint density at radius 2 is 1.62 bits per heavy atom. The van der Waals surface area contributed by atoms with E-state index < -0.39 is 15.6 Å². The van der Waals surface area contributed by atoms with Crippen molar-refractivity contribution in [2.75, 3.05) is 6.54 Å². The molecule has 2 aromatic carbocycles. The van der Waals surface area contributed by atoms with Crippen LogP contribution in [0, 0.1) is 0 Å². The van der Waals surface area contributed by atoms with Gasteiger partial charge in [-0.05, 0) is 54.4 Å². The Bertz CT molecular complexity index is 777. The molecule has 0 aliphatic carbocycles. The predicted molar refractivity (Wildman–Crippen MR) is 101 cm³/mol. The summed E-state index contributed by atoms with van der Waals surface area (Å²) in [7, 11) is -3.56. The Morgan fingerprint density at radius 1 is 1.04 bits per heavy atom. The maximum atomic E-state index is 12.5. The monoisotopic (exact) mass is 410 g/mol. The van der Waals surface area contributed by atoms with Gasteiger partial charge in [-0.15, -0.1) is 0 Å². The van der Waals surface area contributed by atoms with Crippen molar-refractivity contribution in [1.29, 1.82) is 0 Å². The second-order valence-corrected chi connectivity index (χ2v) is 9.01. The van der Waals surface area contributed by atoms with Crippen LogP contribution in [-0.2, 0) is 10.0 Å². The van der Waals surface area contributed by atoms with Crippen LogP contribution in [0.3, 0.4) is 0 Å². The Balaban J connectivity index is 2.03. The first-order chi connectivity index (χ1) is 11.2. The highest BCUT2D eigenvalue weighted by Gasteiger charge is 2.25. The highest BCUT2D eigenvalue weighted by Crippen LogP contribution is 2.21. The van der Waals surface area contributed by atoms with Gasteiger partial charge in [-0.1, -0.05) is 42.5 Å². The van der Waals surface area contributed by atoms with Gasteiger partial charge >= 0.3 is 0 Å². The lowest BCUT2D eigenvalue weighted by atomic mass is 10.0. The first-order valence-corrected chi connectivity index (χ1v) is 10.1. The van der Waals surface area contributed by atoms with Gasteiger partial charge in [-0.2, -0.15) is 0 Å². The largest absolute Gasteiger partial charge is 0.304 e. The van der Waals surface area contributed by atoms with Gasteiger partial charge < -0.3 is 5.32 Å². The maximum absolute atomic E-state index is 12.5. The van der Waals surface area contributed by atoms with Crippen molar-refractivity contribution in [3.05, 3.63) is 64.6 Å². The normalized spacial score (nSPS) is 13.7. The molecule has 0 radical (unpaired) electrons. The van der Waals surface area contributed by atoms with Gasteiger partial charge in [0.05, 0.1) is 4.90 Å². The topological polar surface area (TPSA) is 58.2 Å². The van der Waals surface area contributed by atoms with Crippen molar-refractivity contribution in [2.45, 2.75) is 37.2 Å². The zero-order valence-electron chi connectivity index (χ0n) is 14.1. The average Bonchev–Trinajstić information content (AvgIpc) is 2.54. The predicted octanol–water partition coefficient (Wildman–Crippen LogP) is 3.86. The average molecular weight is 411 g/mol. The Hall–Kier alpha value is -1.21. The van der Waals surface area contributed by atoms with E-state index in [0.29, 0.717) is 4.47 Å². The highest BCUT2D eigenvalue weighted by molar-refractivity contribution is 9.10. The summed E-state index contributed by atoms with van der Waals surface area (Å²) in [5.74, 6) is 0. The zero-order valence-corrected chi connectivity index (χ0v) is 16.5. The molecule has 0 amide bonds. The quantitative estimate of drug-likeness (QED) is 0.728. The third kappa shape index (κ3) is 5.14. The molecule has 0 heterocycles. The van der Waals surface area contributed by atoms with Crippen molar-refractivity contribution in [2.24, 2.45) is 0 Å². The lowest BCUT2D eigenvalue weighted by Gasteiger charge is -2.30. The number of hydrogen-bond acceptors (Lipinski definition) is 3. The fourth-order valence-electron chi connectivity index (χ4n) is 2.48. The van der Waals surface area contributed by atoms with Gasteiger partial charge in [0.25, 0.3) is 0 Å². The Morgan fingerprint density at radius 3 is 2.25 bits per heavy atom. The molecular weight excluding hydrogens is 388 g/mol. The van der Waals surface area contributed by atoms with E-state index >= 15 is 0 Å². The zero-order chi connectivity index (χ0) is 17.8. The van der Waals surface area contributed by atoms with E-state index in [2.05, 4.69) is 45.0 Å². The maximum Gasteiger partial charge on any atom is 0.241 e. The first kappa shape index (κ1) is 19.1. The molecule has 0 aromatic heterocycles. The molecule has 1 unspecified atom stereocenters. The molecule has 0 saturated heterocycles. The molecule has 0 spiro atoms. The summed E-state index contributed by atoms with van der Waals surface area (Å²) >= 11 is 3.29. The van der Waals surface area contributed by atoms with E-state index in [-0.39, 0.29) is 17.5 Å². The fourth-order valence-corrected chi connectivity index (χ4v) is 4.69. The molecule has 130 valence electrons. The summed E-state index contributed by atoms with van der Waals surface area (Å²) in [5, 5.41) is 3.47. The van der Waals surface area contributed by atoms with Crippen LogP contribution in [-0.4, -0.2) is 20.5 Å². The molecule has 6 heteroatoms. The summed E-state index contributed by atoms with van der Waals surface area (Å²) in [4.78, 5) is 0.247. The summed E-state index contributed by atoms with van der Waals surface area (Å²) in [5.41, 5.74) is 0.767. The van der Waals surface area contributed by atoms with Crippen molar-refractivity contribution >= 4 is 26.0 Å². The van der Waals surface area contributed by atoms with E-state index in [1.165, 1.54) is 5.56 Å². The van der Waals surface area contributed by atoms with Crippen LogP contribution < -0.4 is 10.0 Å². The third-order valence-corrected chi connectivity index (χ3v) is 6.15. The van der Waals surface area contributed by atoms with Gasteiger partial charge in [0, 0.05) is 22.6 Å². The lowest BCUT2D eigenvalue weighted by molar-refractivity contribution is 0.346. The molecule has 2 rings (SSSR count). The van der Waals surface area contributed by atoms with Crippen LogP contribution in [0.25, 0.3) is 0 Å². The van der Waals surface area contributed by atoms with Gasteiger partial charge in [0.1, 0.15) is 0 Å². The van der Waals surface area contributed by atoms with E-state index in [4.69, 9.17) is 0 Å². The molecule has 0 aliphatic rings. The molecule has 24 heavy (non-hydrogen) atoms. The van der Waals surface area contributed by atoms with Crippen molar-refractivity contribution in [1.82, 2.24) is 10.0 Å². The summed E-state index contributed by atoms with van der Waals surface area (Å²) in [6, 6.07) is 17.0. The Labute approximate surface area is 152 Å². The van der Waals surface area contributed by atoms with Crippen LogP contribution in [0.5, 0.6) is 0 Å². The lowest BCUT2D eigenvalue weighted by Crippen LogP contribution is -2.49. The number of nitrogens with one attached hydrogen (secondary N) is 2. The number of benzene rings is 2. The minimum Gasteiger partial charge on any atom is -0.304 e. The minimum absolute atomic E-state index is 0.120. The van der Waals surface area contributed by atoms with Crippen LogP contribution in [0.15, 0.2) is 64.0 Å². The number of hydrogen-bond donors (Lipinski definition) is 2. The van der Waals surface area contributed by atoms with Crippen molar-refractivity contribution in [3.63, 3.8) is 0 Å². The molecule has 2 aromatic rings. The summed E-state index contributed by atoms with van der Waals surface area (Å²) in [6.07, 6.45) is 0. The van der Waals surface area contributed by atoms with Crippen LogP contribution >= 0.6 is 15.9 Å². The van der Waals surface area contributed by atoms with Crippen LogP contribution in [0.2, 0.25) is 0 Å². The molecule has 4 nitrogen and oxygen atoms in total. The molecule has 2 N–H and O–H groups in total. The molecule has 0 fully saturated rings. The smallest absolute Gasteiger partial charge is 0.241 e. The minimum atomic E-state index is -3.56. The van der Waals surface area contributed by atoms with Gasteiger partial charge in [0.2, 0.25) is 10.0 Å². The standard InChI is InChI=1S/C18H23BrN2O2S/c1-14(15-9-5-4-6-10-15)21-18(2,3)13-20-24(22,23)17-12-8-7-11-16(17)19/h4-12,14,20-21H,13H2,1-3H3. The molecule has 1 atom stereocenters. The number of rotatable bonds is 7. The van der Waals surface area contributed by atoms with E-state index in [1.807, 2.05) is 32.0 Å².